The summed E-state index contributed by atoms with van der Waals surface area (Å²) in [6, 6.07) is 5.64. The van der Waals surface area contributed by atoms with Crippen LogP contribution in [0.3, 0.4) is 0 Å². The third-order valence-electron chi connectivity index (χ3n) is 3.77. The van der Waals surface area contributed by atoms with E-state index in [0.29, 0.717) is 17.8 Å². The monoisotopic (exact) mass is 321 g/mol. The first-order valence-corrected chi connectivity index (χ1v) is 7.68. The molecular weight excluding hydrogens is 298 g/mol. The van der Waals surface area contributed by atoms with Crippen LogP contribution in [-0.4, -0.2) is 44.3 Å². The number of benzene rings is 1. The van der Waals surface area contributed by atoms with E-state index >= 15 is 0 Å². The molecule has 1 aliphatic carbocycles. The van der Waals surface area contributed by atoms with E-state index < -0.39 is 11.9 Å². The Bertz CT molecular complexity index is 578. The van der Waals surface area contributed by atoms with Gasteiger partial charge in [-0.1, -0.05) is 13.8 Å². The van der Waals surface area contributed by atoms with Crippen molar-refractivity contribution in [1.82, 2.24) is 5.32 Å². The lowest BCUT2D eigenvalue weighted by atomic mass is 9.88. The highest BCUT2D eigenvalue weighted by Gasteiger charge is 2.31. The van der Waals surface area contributed by atoms with Crippen LogP contribution < -0.4 is 10.1 Å². The summed E-state index contributed by atoms with van der Waals surface area (Å²) in [4.78, 5) is 23.6. The minimum Gasteiger partial charge on any atom is -0.490 e. The molecule has 126 valence electrons. The van der Waals surface area contributed by atoms with Crippen LogP contribution in [-0.2, 0) is 9.47 Å². The Morgan fingerprint density at radius 1 is 1.09 bits per heavy atom. The highest BCUT2D eigenvalue weighted by atomic mass is 16.5. The largest absolute Gasteiger partial charge is 0.490 e. The molecule has 0 bridgehead atoms. The van der Waals surface area contributed by atoms with Crippen molar-refractivity contribution in [1.29, 1.82) is 0 Å². The van der Waals surface area contributed by atoms with Gasteiger partial charge in [-0.15, -0.1) is 0 Å². The van der Waals surface area contributed by atoms with Gasteiger partial charge < -0.3 is 19.5 Å². The Morgan fingerprint density at radius 2 is 1.70 bits per heavy atom. The summed E-state index contributed by atoms with van der Waals surface area (Å²) in [7, 11) is 2.54. The molecule has 1 fully saturated rings. The first-order chi connectivity index (χ1) is 10.9. The highest BCUT2D eigenvalue weighted by Crippen LogP contribution is 2.28. The fraction of sp³-hybridized carbons (Fsp3) is 0.529. The molecule has 0 amide bonds. The van der Waals surface area contributed by atoms with Crippen LogP contribution in [0.25, 0.3) is 0 Å². The summed E-state index contributed by atoms with van der Waals surface area (Å²) in [5.41, 5.74) is 0.313. The molecule has 1 aromatic rings. The summed E-state index contributed by atoms with van der Waals surface area (Å²) in [5.74, 6) is -0.628. The molecule has 0 unspecified atom stereocenters. The molecule has 1 aromatic carbocycles. The smallest absolute Gasteiger partial charge is 0.338 e. The first-order valence-electron chi connectivity index (χ1n) is 7.68. The van der Waals surface area contributed by atoms with Gasteiger partial charge in [0, 0.05) is 12.1 Å². The minimum atomic E-state index is -0.594. The molecule has 6 heteroatoms. The maximum atomic E-state index is 11.9. The van der Waals surface area contributed by atoms with Gasteiger partial charge in [-0.25, -0.2) is 9.59 Å². The minimum absolute atomic E-state index is 0.112. The number of nitrogens with one attached hydrogen (secondary N) is 1. The predicted octanol–water partition coefficient (Wildman–Crippen LogP) is 2.17. The number of ether oxygens (including phenoxy) is 3. The molecule has 0 saturated heterocycles. The SMILES string of the molecule is COC(=O)c1ccc(O[C@H]2C[C@H](NC(C)C)C2)cc1C(=O)OC. The van der Waals surface area contributed by atoms with Crippen LogP contribution in [0.1, 0.15) is 47.4 Å². The molecule has 0 radical (unpaired) electrons. The lowest BCUT2D eigenvalue weighted by Gasteiger charge is -2.37. The highest BCUT2D eigenvalue weighted by molar-refractivity contribution is 6.03. The van der Waals surface area contributed by atoms with E-state index in [1.165, 1.54) is 26.4 Å². The standard InChI is InChI=1S/C17H23NO5/c1-10(2)18-11-7-13(8-11)23-12-5-6-14(16(19)21-3)15(9-12)17(20)22-4/h5-6,9-11,13,18H,7-8H2,1-4H3/t11-,13-. The Kier molecular flexibility index (Phi) is 5.60. The van der Waals surface area contributed by atoms with E-state index in [4.69, 9.17) is 9.47 Å². The molecule has 1 N–H and O–H groups in total. The number of methoxy groups -OCH3 is 2. The molecular formula is C17H23NO5. The Morgan fingerprint density at radius 3 is 2.26 bits per heavy atom. The lowest BCUT2D eigenvalue weighted by molar-refractivity contribution is 0.0552. The van der Waals surface area contributed by atoms with Crippen molar-refractivity contribution in [2.45, 2.75) is 44.9 Å². The van der Waals surface area contributed by atoms with Crippen LogP contribution in [0, 0.1) is 0 Å². The van der Waals surface area contributed by atoms with Crippen LogP contribution in [0.2, 0.25) is 0 Å². The Labute approximate surface area is 136 Å². The number of carbonyl (C=O) groups excluding carboxylic acids is 2. The average molecular weight is 321 g/mol. The second-order valence-corrected chi connectivity index (χ2v) is 5.92. The second kappa shape index (κ2) is 7.46. The fourth-order valence-electron chi connectivity index (χ4n) is 2.63. The van der Waals surface area contributed by atoms with Gasteiger partial charge in [0.05, 0.1) is 25.3 Å². The number of esters is 2. The summed E-state index contributed by atoms with van der Waals surface area (Å²) in [6.45, 7) is 4.23. The Hall–Kier alpha value is -2.08. The van der Waals surface area contributed by atoms with Crippen molar-refractivity contribution in [3.63, 3.8) is 0 Å². The van der Waals surface area contributed by atoms with Crippen molar-refractivity contribution >= 4 is 11.9 Å². The molecule has 0 atom stereocenters. The van der Waals surface area contributed by atoms with Crippen molar-refractivity contribution in [2.24, 2.45) is 0 Å². The van der Waals surface area contributed by atoms with Crippen LogP contribution in [0.5, 0.6) is 5.75 Å². The van der Waals surface area contributed by atoms with Gasteiger partial charge in [0.25, 0.3) is 0 Å². The van der Waals surface area contributed by atoms with Gasteiger partial charge in [-0.05, 0) is 31.0 Å². The topological polar surface area (TPSA) is 73.9 Å². The third kappa shape index (κ3) is 4.22. The molecule has 0 spiro atoms. The maximum absolute atomic E-state index is 11.9. The zero-order chi connectivity index (χ0) is 17.0. The molecule has 0 aliphatic heterocycles. The van der Waals surface area contributed by atoms with Crippen molar-refractivity contribution in [2.75, 3.05) is 14.2 Å². The first kappa shape index (κ1) is 17.3. The molecule has 0 aromatic heterocycles. The van der Waals surface area contributed by atoms with Gasteiger partial charge in [-0.2, -0.15) is 0 Å². The van der Waals surface area contributed by atoms with Gasteiger partial charge >= 0.3 is 11.9 Å². The maximum Gasteiger partial charge on any atom is 0.338 e. The number of hydrogen-bond donors (Lipinski definition) is 1. The normalized spacial score (nSPS) is 19.9. The van der Waals surface area contributed by atoms with Gasteiger partial charge in [0.15, 0.2) is 0 Å². The number of hydrogen-bond acceptors (Lipinski definition) is 6. The Balaban J connectivity index is 2.06. The van der Waals surface area contributed by atoms with E-state index in [1.54, 1.807) is 6.07 Å². The molecule has 2 rings (SSSR count). The summed E-state index contributed by atoms with van der Waals surface area (Å²) in [6.07, 6.45) is 1.95. The summed E-state index contributed by atoms with van der Waals surface area (Å²) >= 11 is 0. The van der Waals surface area contributed by atoms with Gasteiger partial charge in [0.2, 0.25) is 0 Å². The van der Waals surface area contributed by atoms with E-state index in [1.807, 2.05) is 0 Å². The van der Waals surface area contributed by atoms with Gasteiger partial charge in [0.1, 0.15) is 11.9 Å². The zero-order valence-electron chi connectivity index (χ0n) is 13.9. The molecule has 23 heavy (non-hydrogen) atoms. The molecule has 1 aliphatic rings. The third-order valence-corrected chi connectivity index (χ3v) is 3.77. The zero-order valence-corrected chi connectivity index (χ0v) is 13.9. The molecule has 0 heterocycles. The van der Waals surface area contributed by atoms with E-state index in [-0.39, 0.29) is 17.2 Å². The molecule has 1 saturated carbocycles. The van der Waals surface area contributed by atoms with Crippen molar-refractivity contribution in [3.05, 3.63) is 29.3 Å². The average Bonchev–Trinajstić information content (AvgIpc) is 2.50. The van der Waals surface area contributed by atoms with Gasteiger partial charge in [-0.3, -0.25) is 0 Å². The molecule has 6 nitrogen and oxygen atoms in total. The van der Waals surface area contributed by atoms with E-state index in [2.05, 4.69) is 23.9 Å². The van der Waals surface area contributed by atoms with E-state index in [0.717, 1.165) is 12.8 Å². The van der Waals surface area contributed by atoms with Crippen LogP contribution in [0.15, 0.2) is 18.2 Å². The number of carbonyl (C=O) groups is 2. The summed E-state index contributed by atoms with van der Waals surface area (Å²) < 4.78 is 15.3. The lowest BCUT2D eigenvalue weighted by Crippen LogP contribution is -2.49. The van der Waals surface area contributed by atoms with Crippen LogP contribution >= 0.6 is 0 Å². The quantitative estimate of drug-likeness (QED) is 0.810. The summed E-state index contributed by atoms with van der Waals surface area (Å²) in [5, 5.41) is 3.45. The van der Waals surface area contributed by atoms with E-state index in [9.17, 15) is 9.59 Å². The predicted molar refractivity (Wildman–Crippen MR) is 84.8 cm³/mol. The fourth-order valence-corrected chi connectivity index (χ4v) is 2.63. The van der Waals surface area contributed by atoms with Crippen LogP contribution in [0.4, 0.5) is 0 Å². The van der Waals surface area contributed by atoms with Crippen molar-refractivity contribution < 1.29 is 23.8 Å². The van der Waals surface area contributed by atoms with Crippen molar-refractivity contribution in [3.8, 4) is 5.75 Å². The second-order valence-electron chi connectivity index (χ2n) is 5.92. The number of rotatable bonds is 6.